The predicted molar refractivity (Wildman–Crippen MR) is 136 cm³/mol. The molecular formula is C23H20N2O6S4. The molecule has 3 aliphatic rings. The highest BCUT2D eigenvalue weighted by Gasteiger charge is 2.50. The SMILES string of the molecule is O=c1ccn([C@@H]2O[C@H](CO)C(OC3Sc4ccccc4S3)[C@@H]2OC2Sc3ccccc3S2)c(=O)[nH]1. The van der Waals surface area contributed by atoms with E-state index in [1.165, 1.54) is 16.8 Å². The number of fused-ring (bicyclic) bond motifs is 2. The molecule has 0 radical (unpaired) electrons. The van der Waals surface area contributed by atoms with Gasteiger partial charge in [0.2, 0.25) is 0 Å². The monoisotopic (exact) mass is 548 g/mol. The normalized spacial score (nSPS) is 26.2. The van der Waals surface area contributed by atoms with Crippen molar-refractivity contribution in [2.24, 2.45) is 0 Å². The summed E-state index contributed by atoms with van der Waals surface area (Å²) in [5.41, 5.74) is -1.11. The van der Waals surface area contributed by atoms with Gasteiger partial charge in [0, 0.05) is 31.8 Å². The van der Waals surface area contributed by atoms with Crippen LogP contribution in [0.25, 0.3) is 0 Å². The second-order valence-electron chi connectivity index (χ2n) is 7.91. The summed E-state index contributed by atoms with van der Waals surface area (Å²) >= 11 is 6.35. The second kappa shape index (κ2) is 10.0. The molecule has 2 N–H and O–H groups in total. The van der Waals surface area contributed by atoms with E-state index < -0.39 is 35.8 Å². The summed E-state index contributed by atoms with van der Waals surface area (Å²) in [4.78, 5) is 31.0. The molecule has 35 heavy (non-hydrogen) atoms. The number of aliphatic hydroxyl groups excluding tert-OH is 1. The van der Waals surface area contributed by atoms with Crippen LogP contribution >= 0.6 is 47.0 Å². The van der Waals surface area contributed by atoms with Gasteiger partial charge in [-0.25, -0.2) is 4.79 Å². The third kappa shape index (κ3) is 4.74. The molecule has 182 valence electrons. The lowest BCUT2D eigenvalue weighted by Gasteiger charge is -2.28. The van der Waals surface area contributed by atoms with E-state index >= 15 is 0 Å². The van der Waals surface area contributed by atoms with Gasteiger partial charge in [0.05, 0.1) is 6.61 Å². The van der Waals surface area contributed by atoms with E-state index in [-0.39, 0.29) is 16.1 Å². The van der Waals surface area contributed by atoms with Crippen LogP contribution in [-0.2, 0) is 14.2 Å². The third-order valence-electron chi connectivity index (χ3n) is 5.72. The summed E-state index contributed by atoms with van der Waals surface area (Å²) < 4.78 is 19.9. The van der Waals surface area contributed by atoms with Crippen LogP contribution in [0.2, 0.25) is 0 Å². The molecule has 0 amide bonds. The summed E-state index contributed by atoms with van der Waals surface area (Å²) in [5, 5.41) is 10.2. The molecule has 4 atom stereocenters. The van der Waals surface area contributed by atoms with Crippen molar-refractivity contribution in [3.8, 4) is 0 Å². The molecule has 0 saturated carbocycles. The van der Waals surface area contributed by atoms with E-state index in [9.17, 15) is 14.7 Å². The van der Waals surface area contributed by atoms with Crippen LogP contribution in [0, 0.1) is 0 Å². The first-order valence-corrected chi connectivity index (χ1v) is 14.3. The lowest BCUT2D eigenvalue weighted by atomic mass is 10.1. The molecule has 0 bridgehead atoms. The third-order valence-corrected chi connectivity index (χ3v) is 10.8. The maximum Gasteiger partial charge on any atom is 0.330 e. The fraction of sp³-hybridized carbons (Fsp3) is 0.304. The number of aromatic amines is 1. The first-order chi connectivity index (χ1) is 17.1. The summed E-state index contributed by atoms with van der Waals surface area (Å²) in [6.45, 7) is -0.306. The van der Waals surface area contributed by atoms with Gasteiger partial charge in [-0.15, -0.1) is 0 Å². The standard InChI is InChI=1S/C23H20N2O6S4/c26-11-12-18(30-22-32-13-5-1-2-6-14(13)33-22)19(20(29-12)25-10-9-17(27)24-21(25)28)31-23-34-15-7-3-4-8-16(15)35-23/h1-10,12,18-20,22-23,26H,11H2,(H,24,27,28)/t12-,18?,19+,20-/m1/s1. The van der Waals surface area contributed by atoms with Gasteiger partial charge < -0.3 is 19.3 Å². The minimum atomic E-state index is -0.884. The number of hydrogen-bond acceptors (Lipinski definition) is 10. The maximum absolute atomic E-state index is 12.6. The van der Waals surface area contributed by atoms with E-state index in [0.29, 0.717) is 0 Å². The molecule has 8 nitrogen and oxygen atoms in total. The van der Waals surface area contributed by atoms with Gasteiger partial charge >= 0.3 is 5.69 Å². The number of rotatable bonds is 6. The number of nitrogens with zero attached hydrogens (tertiary/aromatic N) is 1. The van der Waals surface area contributed by atoms with Crippen LogP contribution in [0.5, 0.6) is 0 Å². The number of nitrogens with one attached hydrogen (secondary N) is 1. The predicted octanol–water partition coefficient (Wildman–Crippen LogP) is 3.56. The van der Waals surface area contributed by atoms with E-state index in [4.69, 9.17) is 14.2 Å². The number of H-pyrrole nitrogens is 1. The summed E-state index contributed by atoms with van der Waals surface area (Å²) in [6.07, 6.45) is -1.57. The van der Waals surface area contributed by atoms with Gasteiger partial charge in [-0.3, -0.25) is 14.3 Å². The van der Waals surface area contributed by atoms with Crippen molar-refractivity contribution in [1.82, 2.24) is 9.55 Å². The quantitative estimate of drug-likeness (QED) is 0.475. The molecule has 1 unspecified atom stereocenters. The van der Waals surface area contributed by atoms with E-state index in [2.05, 4.69) is 4.98 Å². The molecule has 2 aromatic carbocycles. The van der Waals surface area contributed by atoms with Gasteiger partial charge in [-0.05, 0) is 24.3 Å². The number of aromatic nitrogens is 2. The van der Waals surface area contributed by atoms with Crippen molar-refractivity contribution in [2.45, 2.75) is 53.7 Å². The Kier molecular flexibility index (Phi) is 6.80. The largest absolute Gasteiger partial charge is 0.394 e. The Morgan fingerprint density at radius 2 is 1.34 bits per heavy atom. The van der Waals surface area contributed by atoms with Crippen molar-refractivity contribution in [3.63, 3.8) is 0 Å². The minimum Gasteiger partial charge on any atom is -0.394 e. The van der Waals surface area contributed by atoms with Crippen molar-refractivity contribution in [3.05, 3.63) is 81.6 Å². The fourth-order valence-electron chi connectivity index (χ4n) is 4.14. The highest BCUT2D eigenvalue weighted by Crippen LogP contribution is 2.52. The van der Waals surface area contributed by atoms with Crippen LogP contribution in [0.3, 0.4) is 0 Å². The highest BCUT2D eigenvalue weighted by molar-refractivity contribution is 8.19. The molecule has 3 aliphatic heterocycles. The van der Waals surface area contributed by atoms with Crippen LogP contribution in [-0.4, -0.2) is 49.1 Å². The summed E-state index contributed by atoms with van der Waals surface area (Å²) in [6, 6.07) is 17.4. The van der Waals surface area contributed by atoms with Crippen molar-refractivity contribution < 1.29 is 19.3 Å². The van der Waals surface area contributed by atoms with E-state index in [1.807, 2.05) is 48.5 Å². The summed E-state index contributed by atoms with van der Waals surface area (Å²) in [7, 11) is 0. The van der Waals surface area contributed by atoms with Gasteiger partial charge in [0.1, 0.15) is 18.3 Å². The molecule has 0 aliphatic carbocycles. The number of aliphatic hydroxyl groups is 1. The Hall–Kier alpha value is -1.64. The molecule has 1 aromatic heterocycles. The Labute approximate surface area is 217 Å². The number of ether oxygens (including phenoxy) is 3. The van der Waals surface area contributed by atoms with Crippen LogP contribution in [0.1, 0.15) is 6.23 Å². The Bertz CT molecular complexity index is 1300. The van der Waals surface area contributed by atoms with E-state index in [1.54, 1.807) is 47.0 Å². The van der Waals surface area contributed by atoms with Crippen LogP contribution < -0.4 is 11.2 Å². The zero-order chi connectivity index (χ0) is 23.9. The molecule has 3 aromatic rings. The van der Waals surface area contributed by atoms with Crippen molar-refractivity contribution in [2.75, 3.05) is 6.61 Å². The fourth-order valence-corrected chi connectivity index (χ4v) is 9.27. The van der Waals surface area contributed by atoms with Crippen LogP contribution in [0.4, 0.5) is 0 Å². The number of hydrogen-bond donors (Lipinski definition) is 2. The number of thioether (sulfide) groups is 4. The Morgan fingerprint density at radius 1 is 0.829 bits per heavy atom. The molecular weight excluding hydrogens is 529 g/mol. The summed E-state index contributed by atoms with van der Waals surface area (Å²) in [5.74, 6) is 0. The second-order valence-corrected chi connectivity index (χ2v) is 12.9. The Morgan fingerprint density at radius 3 is 1.83 bits per heavy atom. The zero-order valence-electron chi connectivity index (χ0n) is 18.0. The molecule has 1 fully saturated rings. The topological polar surface area (TPSA) is 103 Å². The molecule has 6 rings (SSSR count). The van der Waals surface area contributed by atoms with Gasteiger partial charge in [-0.1, -0.05) is 71.3 Å². The molecule has 4 heterocycles. The lowest BCUT2D eigenvalue weighted by Crippen LogP contribution is -2.42. The minimum absolute atomic E-state index is 0.256. The van der Waals surface area contributed by atoms with Crippen molar-refractivity contribution in [1.29, 1.82) is 0 Å². The molecule has 1 saturated heterocycles. The molecule has 0 spiro atoms. The highest BCUT2D eigenvalue weighted by atomic mass is 32.2. The maximum atomic E-state index is 12.6. The van der Waals surface area contributed by atoms with Gasteiger partial charge in [0.25, 0.3) is 5.56 Å². The Balaban J connectivity index is 1.29. The lowest BCUT2D eigenvalue weighted by molar-refractivity contribution is -0.0704. The number of benzene rings is 2. The van der Waals surface area contributed by atoms with Gasteiger partial charge in [0.15, 0.2) is 15.8 Å². The average molecular weight is 549 g/mol. The average Bonchev–Trinajstić information content (AvgIpc) is 3.54. The first-order valence-electron chi connectivity index (χ1n) is 10.8. The van der Waals surface area contributed by atoms with Gasteiger partial charge in [-0.2, -0.15) is 0 Å². The van der Waals surface area contributed by atoms with Crippen molar-refractivity contribution >= 4 is 47.0 Å². The first kappa shape index (κ1) is 23.7. The molecule has 12 heteroatoms. The van der Waals surface area contributed by atoms with E-state index in [0.717, 1.165) is 19.6 Å². The zero-order valence-corrected chi connectivity index (χ0v) is 21.3. The smallest absolute Gasteiger partial charge is 0.330 e. The van der Waals surface area contributed by atoms with Crippen LogP contribution in [0.15, 0.2) is 90.0 Å².